The molecule has 1 fully saturated rings. The number of benzene rings is 1. The highest BCUT2D eigenvalue weighted by atomic mass is 16.5. The maximum absolute atomic E-state index is 9.83. The van der Waals surface area contributed by atoms with Crippen molar-refractivity contribution < 1.29 is 9.63 Å². The zero-order chi connectivity index (χ0) is 14.8. The van der Waals surface area contributed by atoms with Gasteiger partial charge >= 0.3 is 0 Å². The molecular formula is C16H21N3O2. The number of aryl methyl sites for hydroxylation is 2. The van der Waals surface area contributed by atoms with Crippen molar-refractivity contribution >= 4 is 0 Å². The van der Waals surface area contributed by atoms with Crippen molar-refractivity contribution in [3.05, 3.63) is 29.2 Å². The number of piperidine rings is 1. The molecule has 1 atom stereocenters. The van der Waals surface area contributed by atoms with Gasteiger partial charge < -0.3 is 14.9 Å². The number of aromatic nitrogens is 2. The molecule has 0 bridgehead atoms. The summed E-state index contributed by atoms with van der Waals surface area (Å²) in [6.45, 7) is 5.88. The Morgan fingerprint density at radius 3 is 2.76 bits per heavy atom. The van der Waals surface area contributed by atoms with Crippen LogP contribution in [0.1, 0.15) is 29.9 Å². The Bertz CT molecular complexity index is 607. The Labute approximate surface area is 124 Å². The Hall–Kier alpha value is -1.88. The Morgan fingerprint density at radius 1 is 1.33 bits per heavy atom. The van der Waals surface area contributed by atoms with Gasteiger partial charge in [0.05, 0.1) is 0 Å². The van der Waals surface area contributed by atoms with Crippen molar-refractivity contribution in [3.8, 4) is 17.1 Å². The second-order valence-corrected chi connectivity index (χ2v) is 5.89. The van der Waals surface area contributed by atoms with E-state index in [1.165, 1.54) is 12.8 Å². The summed E-state index contributed by atoms with van der Waals surface area (Å²) in [6.07, 6.45) is 3.25. The van der Waals surface area contributed by atoms with Gasteiger partial charge in [-0.2, -0.15) is 4.98 Å². The first-order valence-electron chi connectivity index (χ1n) is 7.47. The number of hydrogen-bond acceptors (Lipinski definition) is 5. The molecule has 21 heavy (non-hydrogen) atoms. The maximum atomic E-state index is 9.83. The third kappa shape index (κ3) is 3.08. The van der Waals surface area contributed by atoms with Crippen LogP contribution in [0.5, 0.6) is 5.75 Å². The molecule has 5 heteroatoms. The Kier molecular flexibility index (Phi) is 3.92. The number of nitrogens with zero attached hydrogens (tertiary/aromatic N) is 2. The van der Waals surface area contributed by atoms with E-state index in [0.717, 1.165) is 36.2 Å². The molecule has 1 unspecified atom stereocenters. The van der Waals surface area contributed by atoms with E-state index in [2.05, 4.69) is 15.5 Å². The summed E-state index contributed by atoms with van der Waals surface area (Å²) < 4.78 is 5.38. The lowest BCUT2D eigenvalue weighted by molar-refractivity contribution is 0.316. The van der Waals surface area contributed by atoms with Crippen LogP contribution >= 0.6 is 0 Å². The third-order valence-electron chi connectivity index (χ3n) is 4.08. The maximum Gasteiger partial charge on any atom is 0.227 e. The highest BCUT2D eigenvalue weighted by molar-refractivity contribution is 5.60. The van der Waals surface area contributed by atoms with Crippen molar-refractivity contribution in [2.75, 3.05) is 13.1 Å². The van der Waals surface area contributed by atoms with E-state index in [9.17, 15) is 5.11 Å². The van der Waals surface area contributed by atoms with Crippen molar-refractivity contribution in [2.45, 2.75) is 33.1 Å². The van der Waals surface area contributed by atoms with Gasteiger partial charge in [-0.3, -0.25) is 0 Å². The summed E-state index contributed by atoms with van der Waals surface area (Å²) >= 11 is 0. The minimum Gasteiger partial charge on any atom is -0.507 e. The molecule has 1 aliphatic heterocycles. The smallest absolute Gasteiger partial charge is 0.227 e. The van der Waals surface area contributed by atoms with E-state index in [1.54, 1.807) is 0 Å². The second-order valence-electron chi connectivity index (χ2n) is 5.89. The van der Waals surface area contributed by atoms with Crippen LogP contribution < -0.4 is 5.32 Å². The average molecular weight is 287 g/mol. The van der Waals surface area contributed by atoms with Gasteiger partial charge in [-0.05, 0) is 69.0 Å². The molecule has 0 aliphatic carbocycles. The van der Waals surface area contributed by atoms with Crippen LogP contribution in [0.4, 0.5) is 0 Å². The third-order valence-corrected chi connectivity index (χ3v) is 4.08. The zero-order valence-corrected chi connectivity index (χ0v) is 12.5. The van der Waals surface area contributed by atoms with Gasteiger partial charge in [-0.15, -0.1) is 0 Å². The summed E-state index contributed by atoms with van der Waals surface area (Å²) in [7, 11) is 0. The quantitative estimate of drug-likeness (QED) is 0.908. The number of rotatable bonds is 3. The van der Waals surface area contributed by atoms with E-state index in [1.807, 2.05) is 26.0 Å². The van der Waals surface area contributed by atoms with Crippen LogP contribution in [0.2, 0.25) is 0 Å². The molecule has 2 heterocycles. The minimum absolute atomic E-state index is 0.329. The highest BCUT2D eigenvalue weighted by Crippen LogP contribution is 2.28. The second kappa shape index (κ2) is 5.85. The first-order chi connectivity index (χ1) is 10.1. The fourth-order valence-electron chi connectivity index (χ4n) is 2.89. The molecule has 1 saturated heterocycles. The van der Waals surface area contributed by atoms with E-state index < -0.39 is 0 Å². The number of hydrogen-bond donors (Lipinski definition) is 2. The SMILES string of the molecule is Cc1cc(-c2noc(CC3CCCNC3)n2)cc(C)c1O. The molecular weight excluding hydrogens is 266 g/mol. The van der Waals surface area contributed by atoms with E-state index >= 15 is 0 Å². The molecule has 0 spiro atoms. The lowest BCUT2D eigenvalue weighted by Gasteiger charge is -2.20. The summed E-state index contributed by atoms with van der Waals surface area (Å²) in [6, 6.07) is 3.78. The van der Waals surface area contributed by atoms with Crippen molar-refractivity contribution in [3.63, 3.8) is 0 Å². The number of nitrogens with one attached hydrogen (secondary N) is 1. The van der Waals surface area contributed by atoms with Crippen LogP contribution in [0.15, 0.2) is 16.7 Å². The van der Waals surface area contributed by atoms with Gasteiger partial charge in [0.15, 0.2) is 0 Å². The number of aromatic hydroxyl groups is 1. The normalized spacial score (nSPS) is 18.9. The molecule has 5 nitrogen and oxygen atoms in total. The van der Waals surface area contributed by atoms with Crippen molar-refractivity contribution in [1.82, 2.24) is 15.5 Å². The summed E-state index contributed by atoms with van der Waals surface area (Å²) in [4.78, 5) is 4.50. The molecule has 0 saturated carbocycles. The van der Waals surface area contributed by atoms with E-state index in [-0.39, 0.29) is 0 Å². The average Bonchev–Trinajstić information content (AvgIpc) is 2.94. The number of phenols is 1. The van der Waals surface area contributed by atoms with E-state index in [0.29, 0.717) is 23.4 Å². The lowest BCUT2D eigenvalue weighted by atomic mass is 9.96. The zero-order valence-electron chi connectivity index (χ0n) is 12.5. The van der Waals surface area contributed by atoms with Crippen LogP contribution in [0, 0.1) is 19.8 Å². The van der Waals surface area contributed by atoms with Gasteiger partial charge in [-0.1, -0.05) is 5.16 Å². The fraction of sp³-hybridized carbons (Fsp3) is 0.500. The van der Waals surface area contributed by atoms with Gasteiger partial charge in [-0.25, -0.2) is 0 Å². The molecule has 0 amide bonds. The van der Waals surface area contributed by atoms with Crippen LogP contribution in [-0.4, -0.2) is 28.3 Å². The van der Waals surface area contributed by atoms with Crippen LogP contribution in [0.25, 0.3) is 11.4 Å². The molecule has 1 aromatic heterocycles. The number of phenolic OH excluding ortho intramolecular Hbond substituents is 1. The predicted molar refractivity (Wildman–Crippen MR) is 80.2 cm³/mol. The van der Waals surface area contributed by atoms with E-state index in [4.69, 9.17) is 4.52 Å². The van der Waals surface area contributed by atoms with Gasteiger partial charge in [0.1, 0.15) is 5.75 Å². The van der Waals surface area contributed by atoms with Crippen molar-refractivity contribution in [2.24, 2.45) is 5.92 Å². The predicted octanol–water partition coefficient (Wildman–Crippen LogP) is 2.60. The standard InChI is InChI=1S/C16H21N3O2/c1-10-6-13(7-11(2)15(10)20)16-18-14(21-19-16)8-12-4-3-5-17-9-12/h6-7,12,17,20H,3-5,8-9H2,1-2H3. The monoisotopic (exact) mass is 287 g/mol. The molecule has 1 aliphatic rings. The van der Waals surface area contributed by atoms with Gasteiger partial charge in [0.2, 0.25) is 11.7 Å². The van der Waals surface area contributed by atoms with Crippen molar-refractivity contribution in [1.29, 1.82) is 0 Å². The highest BCUT2D eigenvalue weighted by Gasteiger charge is 2.18. The summed E-state index contributed by atoms with van der Waals surface area (Å²) in [5.41, 5.74) is 2.54. The first kappa shape index (κ1) is 14.1. The molecule has 3 rings (SSSR count). The summed E-state index contributed by atoms with van der Waals surface area (Å²) in [5, 5.41) is 17.3. The van der Waals surface area contributed by atoms with Gasteiger partial charge in [0.25, 0.3) is 0 Å². The van der Waals surface area contributed by atoms with Gasteiger partial charge in [0, 0.05) is 12.0 Å². The molecule has 0 radical (unpaired) electrons. The molecule has 2 N–H and O–H groups in total. The lowest BCUT2D eigenvalue weighted by Crippen LogP contribution is -2.30. The topological polar surface area (TPSA) is 71.2 Å². The molecule has 112 valence electrons. The minimum atomic E-state index is 0.329. The fourth-order valence-corrected chi connectivity index (χ4v) is 2.89. The Balaban J connectivity index is 1.78. The first-order valence-corrected chi connectivity index (χ1v) is 7.47. The molecule has 2 aromatic rings. The molecule has 1 aromatic carbocycles. The largest absolute Gasteiger partial charge is 0.507 e. The summed E-state index contributed by atoms with van der Waals surface area (Å²) in [5.74, 6) is 2.20. The Morgan fingerprint density at radius 2 is 2.10 bits per heavy atom. The van der Waals surface area contributed by atoms with Crippen LogP contribution in [0.3, 0.4) is 0 Å². The van der Waals surface area contributed by atoms with Crippen LogP contribution in [-0.2, 0) is 6.42 Å².